The van der Waals surface area contributed by atoms with E-state index >= 15 is 0 Å². The Kier molecular flexibility index (Phi) is 3.35. The predicted molar refractivity (Wildman–Crippen MR) is 67.1 cm³/mol. The molecular formula is C13H11ClN2O2. The topological polar surface area (TPSA) is 61.2 Å². The van der Waals surface area contributed by atoms with Crippen LogP contribution in [0.3, 0.4) is 0 Å². The standard InChI is InChI=1S/C13H11ClN2O2/c1-8-4-12(17)16(13(18)5-8)11-6-9(7-15)2-3-10(11)14/h2-3,6,8H,4-5H2,1H3. The van der Waals surface area contributed by atoms with Crippen LogP contribution in [0.1, 0.15) is 25.3 Å². The number of nitriles is 1. The van der Waals surface area contributed by atoms with Crippen molar-refractivity contribution in [2.45, 2.75) is 19.8 Å². The van der Waals surface area contributed by atoms with Crippen LogP contribution >= 0.6 is 11.6 Å². The number of hydrogen-bond donors (Lipinski definition) is 0. The summed E-state index contributed by atoms with van der Waals surface area (Å²) in [6.45, 7) is 1.86. The average Bonchev–Trinajstić information content (AvgIpc) is 2.30. The van der Waals surface area contributed by atoms with Gasteiger partial charge in [0.05, 0.1) is 22.3 Å². The quantitative estimate of drug-likeness (QED) is 0.731. The third-order valence-electron chi connectivity index (χ3n) is 2.86. The lowest BCUT2D eigenvalue weighted by Crippen LogP contribution is -2.43. The minimum absolute atomic E-state index is 0.0548. The van der Waals surface area contributed by atoms with Crippen molar-refractivity contribution in [3.8, 4) is 6.07 Å². The number of amides is 2. The van der Waals surface area contributed by atoms with Crippen molar-refractivity contribution in [1.82, 2.24) is 0 Å². The summed E-state index contributed by atoms with van der Waals surface area (Å²) in [7, 11) is 0. The molecule has 1 fully saturated rings. The zero-order chi connectivity index (χ0) is 13.3. The van der Waals surface area contributed by atoms with Crippen molar-refractivity contribution < 1.29 is 9.59 Å². The van der Waals surface area contributed by atoms with Crippen molar-refractivity contribution in [2.24, 2.45) is 5.92 Å². The zero-order valence-corrected chi connectivity index (χ0v) is 10.6. The molecule has 1 saturated heterocycles. The van der Waals surface area contributed by atoms with E-state index in [1.807, 2.05) is 13.0 Å². The molecule has 1 aliphatic heterocycles. The van der Waals surface area contributed by atoms with E-state index in [4.69, 9.17) is 16.9 Å². The first-order valence-corrected chi connectivity index (χ1v) is 5.96. The average molecular weight is 263 g/mol. The summed E-state index contributed by atoms with van der Waals surface area (Å²) < 4.78 is 0. The molecule has 5 heteroatoms. The van der Waals surface area contributed by atoms with Gasteiger partial charge in [0.2, 0.25) is 11.8 Å². The largest absolute Gasteiger partial charge is 0.274 e. The van der Waals surface area contributed by atoms with E-state index in [9.17, 15) is 9.59 Å². The van der Waals surface area contributed by atoms with Gasteiger partial charge in [-0.25, -0.2) is 4.90 Å². The van der Waals surface area contributed by atoms with Crippen LogP contribution in [0, 0.1) is 17.2 Å². The van der Waals surface area contributed by atoms with Crippen molar-refractivity contribution in [2.75, 3.05) is 4.90 Å². The lowest BCUT2D eigenvalue weighted by molar-refractivity contribution is -0.130. The van der Waals surface area contributed by atoms with E-state index in [1.165, 1.54) is 12.1 Å². The minimum atomic E-state index is -0.268. The summed E-state index contributed by atoms with van der Waals surface area (Å²) in [4.78, 5) is 24.9. The van der Waals surface area contributed by atoms with E-state index in [-0.39, 0.29) is 17.7 Å². The molecule has 0 bridgehead atoms. The summed E-state index contributed by atoms with van der Waals surface area (Å²) >= 11 is 6.00. The summed E-state index contributed by atoms with van der Waals surface area (Å²) in [5.74, 6) is -0.481. The fourth-order valence-corrected chi connectivity index (χ4v) is 2.21. The van der Waals surface area contributed by atoms with E-state index in [0.717, 1.165) is 4.90 Å². The molecule has 0 saturated carbocycles. The Morgan fingerprint density at radius 3 is 2.50 bits per heavy atom. The Morgan fingerprint density at radius 2 is 1.94 bits per heavy atom. The van der Waals surface area contributed by atoms with Gasteiger partial charge in [0.25, 0.3) is 0 Å². The fraction of sp³-hybridized carbons (Fsp3) is 0.308. The van der Waals surface area contributed by atoms with Crippen LogP contribution in [0.5, 0.6) is 0 Å². The number of imide groups is 1. The highest BCUT2D eigenvalue weighted by Gasteiger charge is 2.32. The number of nitrogens with zero attached hydrogens (tertiary/aromatic N) is 2. The lowest BCUT2D eigenvalue weighted by atomic mass is 9.97. The molecule has 0 aliphatic carbocycles. The Bertz CT molecular complexity index is 545. The van der Waals surface area contributed by atoms with Crippen molar-refractivity contribution >= 4 is 29.1 Å². The van der Waals surface area contributed by atoms with Gasteiger partial charge >= 0.3 is 0 Å². The molecule has 0 atom stereocenters. The number of anilines is 1. The van der Waals surface area contributed by atoms with Gasteiger partial charge in [-0.05, 0) is 24.1 Å². The van der Waals surface area contributed by atoms with Gasteiger partial charge in [-0.3, -0.25) is 9.59 Å². The normalized spacial score (nSPS) is 16.8. The molecule has 0 N–H and O–H groups in total. The highest BCUT2D eigenvalue weighted by molar-refractivity contribution is 6.35. The third-order valence-corrected chi connectivity index (χ3v) is 3.18. The molecule has 1 aromatic rings. The Hall–Kier alpha value is -1.86. The smallest absolute Gasteiger partial charge is 0.234 e. The summed E-state index contributed by atoms with van der Waals surface area (Å²) in [6, 6.07) is 6.50. The first-order chi connectivity index (χ1) is 8.52. The van der Waals surface area contributed by atoms with E-state index in [2.05, 4.69) is 0 Å². The van der Waals surface area contributed by atoms with Crippen LogP contribution in [-0.4, -0.2) is 11.8 Å². The van der Waals surface area contributed by atoms with Crippen LogP contribution in [0.25, 0.3) is 0 Å². The molecule has 4 nitrogen and oxygen atoms in total. The fourth-order valence-electron chi connectivity index (χ4n) is 2.01. The molecule has 0 spiro atoms. The van der Waals surface area contributed by atoms with Crippen LogP contribution < -0.4 is 4.90 Å². The second-order valence-corrected chi connectivity index (χ2v) is 4.82. The third kappa shape index (κ3) is 2.22. The van der Waals surface area contributed by atoms with E-state index in [0.29, 0.717) is 29.1 Å². The molecule has 1 aromatic carbocycles. The molecule has 92 valence electrons. The minimum Gasteiger partial charge on any atom is -0.274 e. The SMILES string of the molecule is CC1CC(=O)N(c2cc(C#N)ccc2Cl)C(=O)C1. The Balaban J connectivity index is 2.45. The van der Waals surface area contributed by atoms with E-state index in [1.54, 1.807) is 6.07 Å². The maximum absolute atomic E-state index is 11.9. The van der Waals surface area contributed by atoms with Crippen LogP contribution in [0.4, 0.5) is 5.69 Å². The molecule has 0 unspecified atom stereocenters. The Morgan fingerprint density at radius 1 is 1.33 bits per heavy atom. The zero-order valence-electron chi connectivity index (χ0n) is 9.81. The summed E-state index contributed by atoms with van der Waals surface area (Å²) in [5, 5.41) is 9.14. The lowest BCUT2D eigenvalue weighted by Gasteiger charge is -2.28. The Labute approximate surface area is 110 Å². The van der Waals surface area contributed by atoms with Crippen molar-refractivity contribution in [3.63, 3.8) is 0 Å². The van der Waals surface area contributed by atoms with Gasteiger partial charge in [0.1, 0.15) is 0 Å². The number of halogens is 1. The molecule has 0 aromatic heterocycles. The molecule has 18 heavy (non-hydrogen) atoms. The molecule has 1 aliphatic rings. The van der Waals surface area contributed by atoms with Crippen LogP contribution in [0.15, 0.2) is 18.2 Å². The van der Waals surface area contributed by atoms with Gasteiger partial charge in [-0.2, -0.15) is 5.26 Å². The van der Waals surface area contributed by atoms with Gasteiger partial charge in [0, 0.05) is 12.8 Å². The highest BCUT2D eigenvalue weighted by Crippen LogP contribution is 2.31. The molecule has 2 amide bonds. The number of carbonyl (C=O) groups is 2. The summed E-state index contributed by atoms with van der Waals surface area (Å²) in [6.07, 6.45) is 0.637. The van der Waals surface area contributed by atoms with Gasteiger partial charge in [0.15, 0.2) is 0 Å². The van der Waals surface area contributed by atoms with Crippen LogP contribution in [0.2, 0.25) is 5.02 Å². The van der Waals surface area contributed by atoms with E-state index < -0.39 is 0 Å². The number of carbonyl (C=O) groups excluding carboxylic acids is 2. The molecular weight excluding hydrogens is 252 g/mol. The maximum Gasteiger partial charge on any atom is 0.234 e. The number of rotatable bonds is 1. The van der Waals surface area contributed by atoms with Gasteiger partial charge in [-0.15, -0.1) is 0 Å². The molecule has 1 heterocycles. The van der Waals surface area contributed by atoms with Gasteiger partial charge < -0.3 is 0 Å². The first-order valence-electron chi connectivity index (χ1n) is 5.58. The maximum atomic E-state index is 11.9. The number of benzene rings is 1. The molecule has 2 rings (SSSR count). The van der Waals surface area contributed by atoms with Gasteiger partial charge in [-0.1, -0.05) is 18.5 Å². The second kappa shape index (κ2) is 4.79. The number of piperidine rings is 1. The number of hydrogen-bond acceptors (Lipinski definition) is 3. The highest BCUT2D eigenvalue weighted by atomic mass is 35.5. The first kappa shape index (κ1) is 12.6. The van der Waals surface area contributed by atoms with Crippen LogP contribution in [-0.2, 0) is 9.59 Å². The predicted octanol–water partition coefficient (Wildman–Crippen LogP) is 2.50. The monoisotopic (exact) mass is 262 g/mol. The van der Waals surface area contributed by atoms with Crippen molar-refractivity contribution in [3.05, 3.63) is 28.8 Å². The summed E-state index contributed by atoms with van der Waals surface area (Å²) in [5.41, 5.74) is 0.672. The second-order valence-electron chi connectivity index (χ2n) is 4.41. The molecule has 0 radical (unpaired) electrons. The van der Waals surface area contributed by atoms with Crippen molar-refractivity contribution in [1.29, 1.82) is 5.26 Å².